The van der Waals surface area contributed by atoms with Gasteiger partial charge in [0.15, 0.2) is 0 Å². The van der Waals surface area contributed by atoms with E-state index < -0.39 is 90.4 Å². The van der Waals surface area contributed by atoms with Crippen LogP contribution in [-0.4, -0.2) is 131 Å². The number of carboxylic acids is 2. The lowest BCUT2D eigenvalue weighted by atomic mass is 9.87. The van der Waals surface area contributed by atoms with E-state index in [0.717, 1.165) is 56.7 Å². The van der Waals surface area contributed by atoms with Crippen molar-refractivity contribution in [3.63, 3.8) is 0 Å². The van der Waals surface area contributed by atoms with E-state index in [-0.39, 0.29) is 66.2 Å². The van der Waals surface area contributed by atoms with Crippen molar-refractivity contribution in [1.82, 2.24) is 61.5 Å². The molecule has 6 amide bonds. The number of ether oxygens (including phenoxy) is 2. The molecule has 1 saturated carbocycles. The molecule has 91 heavy (non-hydrogen) atoms. The number of carbonyl (C=O) groups excluding carboxylic acids is 6. The second-order valence-corrected chi connectivity index (χ2v) is 27.3. The molecule has 1 fully saturated rings. The molecular weight excluding hydrogens is 1290 g/mol. The first-order chi connectivity index (χ1) is 43.7. The summed E-state index contributed by atoms with van der Waals surface area (Å²) < 4.78 is 11.3. The first-order valence-corrected chi connectivity index (χ1v) is 33.8. The summed E-state index contributed by atoms with van der Waals surface area (Å²) in [5, 5.41) is 53.8. The average Bonchev–Trinajstić information content (AvgIpc) is 1.75. The molecule has 10 rings (SSSR count). The van der Waals surface area contributed by atoms with E-state index in [1.165, 1.54) is 30.4 Å². The molecule has 7 aromatic heterocycles. The van der Waals surface area contributed by atoms with E-state index in [1.54, 1.807) is 70.9 Å². The van der Waals surface area contributed by atoms with Crippen LogP contribution in [0.25, 0.3) is 43.4 Å². The summed E-state index contributed by atoms with van der Waals surface area (Å²) in [5.74, 6) is -5.61. The average molecular weight is 1350 g/mol. The van der Waals surface area contributed by atoms with Gasteiger partial charge in [0, 0.05) is 59.1 Å². The zero-order chi connectivity index (χ0) is 64.6. The van der Waals surface area contributed by atoms with Crippen LogP contribution in [0.5, 0.6) is 0 Å². The Morgan fingerprint density at radius 2 is 1.41 bits per heavy atom. The SMILES string of the molecule is CNC(=O)C[C@@H]1NC(=O)c2csc(n2)-c2ccc(-c3nc(N(CCCC(=O)O)C(=O)O[C@H]4CC[C@H](C(=O)O)CC4)cs3)nc2-c2csc(n2)-c2csc(n2)[C@H]([C@@H](O)c2ccccc2)NC(=O)CNC(=O)c2nc(sc2COC)C(C(C)C)NC(=O)c2nc1sc2C. The predicted octanol–water partition coefficient (Wildman–Crippen LogP) is 8.76. The minimum absolute atomic E-state index is 0.0149. The highest BCUT2D eigenvalue weighted by Crippen LogP contribution is 2.41. The molecule has 2 aliphatic rings. The number of nitrogens with one attached hydrogen (secondary N) is 5. The number of nitrogens with zero attached hydrogens (tertiary/aromatic N) is 8. The normalized spacial score (nSPS) is 18.5. The van der Waals surface area contributed by atoms with Crippen molar-refractivity contribution in [1.29, 1.82) is 0 Å². The molecule has 1 unspecified atom stereocenters. The summed E-state index contributed by atoms with van der Waals surface area (Å²) in [4.78, 5) is 143. The van der Waals surface area contributed by atoms with Gasteiger partial charge in [-0.15, -0.1) is 68.0 Å². The summed E-state index contributed by atoms with van der Waals surface area (Å²) >= 11 is 6.96. The van der Waals surface area contributed by atoms with Gasteiger partial charge in [-0.3, -0.25) is 38.5 Å². The van der Waals surface area contributed by atoms with Crippen LogP contribution < -0.4 is 31.5 Å². The molecule has 0 saturated heterocycles. The van der Waals surface area contributed by atoms with Crippen LogP contribution in [0, 0.1) is 18.8 Å². The number of aliphatic hydroxyl groups excluding tert-OH is 1. The number of fused-ring (bicyclic) bond motifs is 14. The molecule has 0 radical (unpaired) electrons. The number of amides is 6. The van der Waals surface area contributed by atoms with E-state index in [1.807, 2.05) is 13.8 Å². The summed E-state index contributed by atoms with van der Waals surface area (Å²) in [6.07, 6.45) is -1.68. The Kier molecular flexibility index (Phi) is 21.1. The third-order valence-electron chi connectivity index (χ3n) is 14.8. The monoisotopic (exact) mass is 1350 g/mol. The number of anilines is 1. The van der Waals surface area contributed by atoms with Gasteiger partial charge >= 0.3 is 18.0 Å². The van der Waals surface area contributed by atoms with Crippen LogP contribution in [0.15, 0.2) is 64.0 Å². The Bertz CT molecular complexity index is 4000. The largest absolute Gasteiger partial charge is 0.481 e. The Morgan fingerprint density at radius 1 is 0.703 bits per heavy atom. The van der Waals surface area contributed by atoms with Crippen LogP contribution >= 0.6 is 68.0 Å². The van der Waals surface area contributed by atoms with E-state index >= 15 is 0 Å². The third kappa shape index (κ3) is 15.5. The Balaban J connectivity index is 1.04. The van der Waals surface area contributed by atoms with Crippen LogP contribution in [0.2, 0.25) is 0 Å². The Hall–Kier alpha value is -8.37. The highest BCUT2D eigenvalue weighted by atomic mass is 32.1. The number of aromatic nitrogens is 7. The Morgan fingerprint density at radius 3 is 2.13 bits per heavy atom. The van der Waals surface area contributed by atoms with Gasteiger partial charge in [0.05, 0.1) is 48.1 Å². The van der Waals surface area contributed by atoms with Crippen LogP contribution in [0.3, 0.4) is 0 Å². The van der Waals surface area contributed by atoms with Crippen molar-refractivity contribution >= 4 is 121 Å². The fraction of sp³-hybridized carbons (Fsp3) is 0.373. The van der Waals surface area contributed by atoms with Gasteiger partial charge in [-0.1, -0.05) is 44.2 Å². The number of hydrogen-bond donors (Lipinski definition) is 8. The third-order valence-corrected chi connectivity index (χ3v) is 20.5. The second kappa shape index (κ2) is 29.3. The number of pyridine rings is 1. The number of carbonyl (C=O) groups is 8. The van der Waals surface area contributed by atoms with Crippen molar-refractivity contribution in [2.75, 3.05) is 32.1 Å². The van der Waals surface area contributed by atoms with Crippen molar-refractivity contribution in [3.8, 4) is 43.4 Å². The number of aliphatic carboxylic acids is 2. The fourth-order valence-corrected chi connectivity index (χ4v) is 15.6. The van der Waals surface area contributed by atoms with E-state index in [0.29, 0.717) is 94.4 Å². The lowest BCUT2D eigenvalue weighted by molar-refractivity contribution is -0.143. The summed E-state index contributed by atoms with van der Waals surface area (Å²) in [5.41, 5.74) is 2.29. The molecular formula is C59H61N13O13S6. The van der Waals surface area contributed by atoms with Crippen LogP contribution in [-0.2, 0) is 35.3 Å². The van der Waals surface area contributed by atoms with Crippen LogP contribution in [0.4, 0.5) is 10.6 Å². The number of aliphatic hydroxyl groups is 1. The van der Waals surface area contributed by atoms with E-state index in [2.05, 4.69) is 26.6 Å². The van der Waals surface area contributed by atoms with Crippen molar-refractivity contribution < 1.29 is 63.1 Å². The minimum Gasteiger partial charge on any atom is -0.481 e. The maximum atomic E-state index is 14.4. The lowest BCUT2D eigenvalue weighted by Crippen LogP contribution is -2.40. The van der Waals surface area contributed by atoms with E-state index in [9.17, 15) is 53.7 Å². The van der Waals surface area contributed by atoms with Gasteiger partial charge < -0.3 is 51.4 Å². The molecule has 476 valence electrons. The van der Waals surface area contributed by atoms with Crippen molar-refractivity contribution in [2.24, 2.45) is 11.8 Å². The molecule has 10 bridgehead atoms. The quantitative estimate of drug-likeness (QED) is 0.0475. The number of benzene rings is 1. The summed E-state index contributed by atoms with van der Waals surface area (Å²) in [6, 6.07) is 9.23. The molecule has 8 N–H and O–H groups in total. The number of carboxylic acid groups (broad SMARTS) is 2. The minimum atomic E-state index is -1.31. The molecule has 8 aromatic rings. The fourth-order valence-electron chi connectivity index (χ4n) is 10.0. The number of aryl methyl sites for hydroxylation is 1. The van der Waals surface area contributed by atoms with Gasteiger partial charge in [-0.05, 0) is 62.6 Å². The van der Waals surface area contributed by atoms with Crippen molar-refractivity contribution in [2.45, 2.75) is 103 Å². The van der Waals surface area contributed by atoms with Gasteiger partial charge in [0.2, 0.25) is 11.8 Å². The first-order valence-electron chi connectivity index (χ1n) is 28.6. The first kappa shape index (κ1) is 65.6. The standard InChI is InChI=1S/C59H61N13O13S6/c1-27(2)43-57-71-46(38(91-57)22-84-5)50(79)61-21-41(74)68-47(48(77)29-10-7-6-8-11-29)56-66-37(25-88-56)54-64-35(23-87-54)45-32(52-65-36(24-86-52)49(78)63-34(20-40(73)60-4)55-70-44(28(3)90-55)51(80)69-43)17-18-33(62-45)53-67-39(26-89-53)72(19-9-12-42(75)76)59(83)85-31-15-13-30(14-16-31)58(81)82/h6-8,10-11,17-18,23-27,30-31,34,43,47-48,77H,9,12-16,19-22H2,1-5H3,(H,60,73)(H,61,79)(H,63,78)(H,68,74)(H,69,80)(H,75,76)(H,81,82)/t30-,31-,34-,43?,47-,48-/m0/s1. The second-order valence-electron chi connectivity index (χ2n) is 21.5. The predicted molar refractivity (Wildman–Crippen MR) is 341 cm³/mol. The molecule has 0 spiro atoms. The molecule has 26 nitrogen and oxygen atoms in total. The van der Waals surface area contributed by atoms with E-state index in [4.69, 9.17) is 44.4 Å². The molecule has 1 aliphatic heterocycles. The smallest absolute Gasteiger partial charge is 0.415 e. The molecule has 1 aromatic carbocycles. The zero-order valence-corrected chi connectivity index (χ0v) is 54.3. The molecule has 32 heteroatoms. The van der Waals surface area contributed by atoms with Gasteiger partial charge in [-0.2, -0.15) is 0 Å². The highest BCUT2D eigenvalue weighted by molar-refractivity contribution is 7.15. The highest BCUT2D eigenvalue weighted by Gasteiger charge is 2.35. The topological polar surface area (TPSA) is 369 Å². The van der Waals surface area contributed by atoms with Gasteiger partial charge in [-0.25, -0.2) is 39.7 Å². The maximum Gasteiger partial charge on any atom is 0.415 e. The van der Waals surface area contributed by atoms with Crippen LogP contribution in [0.1, 0.15) is 145 Å². The number of hydrogen-bond acceptors (Lipinski definition) is 24. The zero-order valence-electron chi connectivity index (χ0n) is 49.4. The Labute approximate surface area is 544 Å². The number of thiazole rings is 6. The summed E-state index contributed by atoms with van der Waals surface area (Å²) in [6.45, 7) is 4.83. The maximum absolute atomic E-state index is 14.4. The number of rotatable bonds is 15. The lowest BCUT2D eigenvalue weighted by Gasteiger charge is -2.28. The van der Waals surface area contributed by atoms with Gasteiger partial charge in [0.1, 0.15) is 88.3 Å². The number of methoxy groups -OCH3 is 1. The van der Waals surface area contributed by atoms with Gasteiger partial charge in [0.25, 0.3) is 17.7 Å². The summed E-state index contributed by atoms with van der Waals surface area (Å²) in [7, 11) is 2.92. The molecule has 4 atom stereocenters. The molecule has 8 heterocycles. The molecule has 1 aliphatic carbocycles. The van der Waals surface area contributed by atoms with Crippen molar-refractivity contribution in [3.05, 3.63) is 111 Å².